The van der Waals surface area contributed by atoms with Gasteiger partial charge in [0.1, 0.15) is 0 Å². The van der Waals surface area contributed by atoms with Crippen LogP contribution in [0.3, 0.4) is 0 Å². The lowest BCUT2D eigenvalue weighted by molar-refractivity contribution is -0.126. The first-order valence-electron chi connectivity index (χ1n) is 6.15. The molecule has 3 heteroatoms. The van der Waals surface area contributed by atoms with Gasteiger partial charge < -0.3 is 11.1 Å². The summed E-state index contributed by atoms with van der Waals surface area (Å²) in [4.78, 5) is 11.9. The second-order valence-corrected chi connectivity index (χ2v) is 4.87. The molecule has 0 saturated heterocycles. The maximum Gasteiger partial charge on any atom is 0.223 e. The highest BCUT2D eigenvalue weighted by molar-refractivity contribution is 5.79. The van der Waals surface area contributed by atoms with E-state index in [1.165, 1.54) is 12.8 Å². The van der Waals surface area contributed by atoms with Gasteiger partial charge in [0, 0.05) is 12.5 Å². The first kappa shape index (κ1) is 12.5. The minimum absolute atomic E-state index is 0.0842. The SMILES string of the molecule is CCCC(C)C(=O)NC1(CN)CCCC1. The van der Waals surface area contributed by atoms with Gasteiger partial charge in [-0.05, 0) is 19.3 Å². The third-order valence-electron chi connectivity index (χ3n) is 3.51. The van der Waals surface area contributed by atoms with Crippen molar-refractivity contribution < 1.29 is 4.79 Å². The molecule has 0 aromatic carbocycles. The zero-order chi connectivity index (χ0) is 11.3. The van der Waals surface area contributed by atoms with Crippen molar-refractivity contribution in [3.8, 4) is 0 Å². The van der Waals surface area contributed by atoms with E-state index in [0.29, 0.717) is 6.54 Å². The van der Waals surface area contributed by atoms with Crippen LogP contribution in [-0.4, -0.2) is 18.0 Å². The van der Waals surface area contributed by atoms with Gasteiger partial charge in [-0.2, -0.15) is 0 Å². The van der Waals surface area contributed by atoms with E-state index in [2.05, 4.69) is 12.2 Å². The molecule has 88 valence electrons. The zero-order valence-corrected chi connectivity index (χ0v) is 10.0. The molecule has 3 N–H and O–H groups in total. The molecule has 0 aromatic heterocycles. The van der Waals surface area contributed by atoms with E-state index >= 15 is 0 Å². The van der Waals surface area contributed by atoms with Crippen LogP contribution in [0, 0.1) is 5.92 Å². The standard InChI is InChI=1S/C12H24N2O/c1-3-6-10(2)11(15)14-12(9-13)7-4-5-8-12/h10H,3-9,13H2,1-2H3,(H,14,15). The molecule has 0 aliphatic heterocycles. The molecule has 3 nitrogen and oxygen atoms in total. The monoisotopic (exact) mass is 212 g/mol. The lowest BCUT2D eigenvalue weighted by atomic mass is 9.95. The van der Waals surface area contributed by atoms with E-state index in [-0.39, 0.29) is 17.4 Å². The van der Waals surface area contributed by atoms with Crippen LogP contribution >= 0.6 is 0 Å². The highest BCUT2D eigenvalue weighted by Crippen LogP contribution is 2.29. The lowest BCUT2D eigenvalue weighted by Crippen LogP contribution is -2.53. The molecule has 0 spiro atoms. The van der Waals surface area contributed by atoms with Crippen molar-refractivity contribution in [2.24, 2.45) is 11.7 Å². The van der Waals surface area contributed by atoms with E-state index in [9.17, 15) is 4.79 Å². The van der Waals surface area contributed by atoms with Crippen LogP contribution in [0.4, 0.5) is 0 Å². The predicted molar refractivity (Wildman–Crippen MR) is 62.5 cm³/mol. The number of hydrogen-bond donors (Lipinski definition) is 2. The lowest BCUT2D eigenvalue weighted by Gasteiger charge is -2.30. The number of nitrogens with one attached hydrogen (secondary N) is 1. The molecule has 0 aromatic rings. The van der Waals surface area contributed by atoms with Crippen LogP contribution in [0.5, 0.6) is 0 Å². The highest BCUT2D eigenvalue weighted by Gasteiger charge is 2.34. The Hall–Kier alpha value is -0.570. The van der Waals surface area contributed by atoms with Crippen molar-refractivity contribution in [3.05, 3.63) is 0 Å². The summed E-state index contributed by atoms with van der Waals surface area (Å²) in [7, 11) is 0. The van der Waals surface area contributed by atoms with Gasteiger partial charge in [0.2, 0.25) is 5.91 Å². The largest absolute Gasteiger partial charge is 0.349 e. The Balaban J connectivity index is 2.48. The van der Waals surface area contributed by atoms with Crippen LogP contribution in [0.2, 0.25) is 0 Å². The second kappa shape index (κ2) is 5.50. The van der Waals surface area contributed by atoms with Crippen molar-refractivity contribution in [2.75, 3.05) is 6.54 Å². The van der Waals surface area contributed by atoms with Gasteiger partial charge in [-0.1, -0.05) is 33.1 Å². The summed E-state index contributed by atoms with van der Waals surface area (Å²) in [6.07, 6.45) is 6.51. The molecule has 1 fully saturated rings. The summed E-state index contributed by atoms with van der Waals surface area (Å²) in [6, 6.07) is 0. The summed E-state index contributed by atoms with van der Waals surface area (Å²) in [5.41, 5.74) is 5.69. The molecular formula is C12H24N2O. The number of amides is 1. The maximum atomic E-state index is 11.9. The Bertz CT molecular complexity index is 210. The third kappa shape index (κ3) is 3.20. The van der Waals surface area contributed by atoms with Crippen molar-refractivity contribution in [1.29, 1.82) is 0 Å². The van der Waals surface area contributed by atoms with E-state index in [1.54, 1.807) is 0 Å². The minimum Gasteiger partial charge on any atom is -0.349 e. The fourth-order valence-electron chi connectivity index (χ4n) is 2.38. The average Bonchev–Trinajstić information content (AvgIpc) is 2.67. The molecule has 1 atom stereocenters. The Morgan fingerprint density at radius 1 is 1.47 bits per heavy atom. The molecule has 1 saturated carbocycles. The van der Waals surface area contributed by atoms with Crippen LogP contribution in [-0.2, 0) is 4.79 Å². The number of rotatable bonds is 5. The Morgan fingerprint density at radius 2 is 2.07 bits per heavy atom. The molecule has 1 aliphatic carbocycles. The molecular weight excluding hydrogens is 188 g/mol. The third-order valence-corrected chi connectivity index (χ3v) is 3.51. The first-order valence-corrected chi connectivity index (χ1v) is 6.15. The zero-order valence-electron chi connectivity index (χ0n) is 10.0. The Kier molecular flexibility index (Phi) is 4.58. The Labute approximate surface area is 92.8 Å². The van der Waals surface area contributed by atoms with Gasteiger partial charge in [-0.25, -0.2) is 0 Å². The molecule has 1 amide bonds. The van der Waals surface area contributed by atoms with Crippen molar-refractivity contribution in [1.82, 2.24) is 5.32 Å². The van der Waals surface area contributed by atoms with Crippen molar-refractivity contribution in [2.45, 2.75) is 57.9 Å². The number of carbonyl (C=O) groups excluding carboxylic acids is 1. The smallest absolute Gasteiger partial charge is 0.223 e. The van der Waals surface area contributed by atoms with Gasteiger partial charge in [-0.15, -0.1) is 0 Å². The van der Waals surface area contributed by atoms with Gasteiger partial charge in [0.05, 0.1) is 5.54 Å². The predicted octanol–water partition coefficient (Wildman–Crippen LogP) is 1.81. The quantitative estimate of drug-likeness (QED) is 0.730. The van der Waals surface area contributed by atoms with E-state index in [1.807, 2.05) is 6.92 Å². The fourth-order valence-corrected chi connectivity index (χ4v) is 2.38. The van der Waals surface area contributed by atoms with Gasteiger partial charge in [-0.3, -0.25) is 4.79 Å². The summed E-state index contributed by atoms with van der Waals surface area (Å²) in [5.74, 6) is 0.309. The number of hydrogen-bond acceptors (Lipinski definition) is 2. The maximum absolute atomic E-state index is 11.9. The highest BCUT2D eigenvalue weighted by atomic mass is 16.2. The van der Waals surface area contributed by atoms with Gasteiger partial charge in [0.25, 0.3) is 0 Å². The summed E-state index contributed by atoms with van der Waals surface area (Å²) < 4.78 is 0. The average molecular weight is 212 g/mol. The summed E-state index contributed by atoms with van der Waals surface area (Å²) >= 11 is 0. The molecule has 0 heterocycles. The van der Waals surface area contributed by atoms with Crippen LogP contribution in [0.15, 0.2) is 0 Å². The van der Waals surface area contributed by atoms with E-state index in [4.69, 9.17) is 5.73 Å². The summed E-state index contributed by atoms with van der Waals surface area (Å²) in [5, 5.41) is 3.16. The number of nitrogens with two attached hydrogens (primary N) is 1. The molecule has 1 aliphatic rings. The van der Waals surface area contributed by atoms with Crippen LogP contribution in [0.1, 0.15) is 52.4 Å². The van der Waals surface area contributed by atoms with Gasteiger partial charge in [0.15, 0.2) is 0 Å². The summed E-state index contributed by atoms with van der Waals surface area (Å²) in [6.45, 7) is 4.69. The van der Waals surface area contributed by atoms with Crippen LogP contribution in [0.25, 0.3) is 0 Å². The minimum atomic E-state index is -0.0842. The van der Waals surface area contributed by atoms with Crippen LogP contribution < -0.4 is 11.1 Å². The molecule has 0 bridgehead atoms. The second-order valence-electron chi connectivity index (χ2n) is 4.87. The first-order chi connectivity index (χ1) is 7.13. The Morgan fingerprint density at radius 3 is 2.53 bits per heavy atom. The fraction of sp³-hybridized carbons (Fsp3) is 0.917. The van der Waals surface area contributed by atoms with Crippen molar-refractivity contribution >= 4 is 5.91 Å². The molecule has 15 heavy (non-hydrogen) atoms. The van der Waals surface area contributed by atoms with Crippen molar-refractivity contribution in [3.63, 3.8) is 0 Å². The molecule has 0 radical (unpaired) electrons. The normalized spacial score (nSPS) is 21.3. The molecule has 1 unspecified atom stereocenters. The number of carbonyl (C=O) groups is 1. The van der Waals surface area contributed by atoms with E-state index in [0.717, 1.165) is 25.7 Å². The van der Waals surface area contributed by atoms with E-state index < -0.39 is 0 Å². The molecule has 1 rings (SSSR count). The topological polar surface area (TPSA) is 55.1 Å². The van der Waals surface area contributed by atoms with Gasteiger partial charge >= 0.3 is 0 Å².